The molecule has 3 aromatic rings. The Labute approximate surface area is 195 Å². The number of carbonyl (C=O) groups excluding carboxylic acids is 2. The summed E-state index contributed by atoms with van der Waals surface area (Å²) in [5, 5.41) is 11.4. The van der Waals surface area contributed by atoms with Crippen LogP contribution in [0.5, 0.6) is 11.5 Å². The molecule has 1 aromatic heterocycles. The second-order valence-corrected chi connectivity index (χ2v) is 7.81. The first-order valence-electron chi connectivity index (χ1n) is 10.1. The Bertz CT molecular complexity index is 1230. The van der Waals surface area contributed by atoms with Crippen LogP contribution >= 0.6 is 11.6 Å². The lowest BCUT2D eigenvalue weighted by atomic mass is 9.96. The molecule has 0 bridgehead atoms. The number of Topliss-reactive ketones (excluding diaryl/α,β-unsaturated/α-hetero) is 1. The molecular formula is C25H21ClN2O5. The molecule has 33 heavy (non-hydrogen) atoms. The molecule has 8 heteroatoms. The molecule has 1 unspecified atom stereocenters. The largest absolute Gasteiger partial charge is 0.507 e. The molecule has 1 aliphatic heterocycles. The Morgan fingerprint density at radius 2 is 1.76 bits per heavy atom. The molecular weight excluding hydrogens is 444 g/mol. The first-order chi connectivity index (χ1) is 15.9. The van der Waals surface area contributed by atoms with Gasteiger partial charge in [-0.1, -0.05) is 29.8 Å². The summed E-state index contributed by atoms with van der Waals surface area (Å²) in [5.74, 6) is -0.763. The van der Waals surface area contributed by atoms with Gasteiger partial charge >= 0.3 is 0 Å². The summed E-state index contributed by atoms with van der Waals surface area (Å²) in [4.78, 5) is 31.8. The number of aliphatic hydroxyl groups is 1. The van der Waals surface area contributed by atoms with E-state index in [1.807, 2.05) is 12.1 Å². The number of rotatable bonds is 6. The van der Waals surface area contributed by atoms with Crippen molar-refractivity contribution in [1.82, 2.24) is 9.88 Å². The molecule has 1 aliphatic rings. The van der Waals surface area contributed by atoms with E-state index in [9.17, 15) is 14.7 Å². The van der Waals surface area contributed by atoms with E-state index in [0.29, 0.717) is 17.1 Å². The average molecular weight is 465 g/mol. The van der Waals surface area contributed by atoms with Crippen molar-refractivity contribution in [2.45, 2.75) is 12.6 Å². The number of methoxy groups -OCH3 is 2. The predicted octanol–water partition coefficient (Wildman–Crippen LogP) is 4.37. The number of nitrogens with zero attached hydrogens (tertiary/aromatic N) is 2. The molecule has 168 valence electrons. The highest BCUT2D eigenvalue weighted by Gasteiger charge is 2.46. The maximum Gasteiger partial charge on any atom is 0.295 e. The molecule has 0 aliphatic carbocycles. The number of amides is 1. The number of pyridine rings is 1. The second-order valence-electron chi connectivity index (χ2n) is 7.41. The molecule has 2 aromatic carbocycles. The van der Waals surface area contributed by atoms with E-state index in [2.05, 4.69) is 4.98 Å². The SMILES string of the molecule is COc1ccc(CN2C(=O)C(=O)/C(=C(/O)c3cc(OC)ccc3Cl)C2c2cccnc2)cc1. The number of aliphatic hydroxyl groups excluding tert-OH is 1. The molecule has 1 amide bonds. The Morgan fingerprint density at radius 3 is 2.39 bits per heavy atom. The van der Waals surface area contributed by atoms with Gasteiger partial charge in [-0.3, -0.25) is 14.6 Å². The van der Waals surface area contributed by atoms with Crippen molar-refractivity contribution in [2.75, 3.05) is 14.2 Å². The third-order valence-electron chi connectivity index (χ3n) is 5.48. The van der Waals surface area contributed by atoms with E-state index in [1.165, 1.54) is 18.1 Å². The zero-order valence-corrected chi connectivity index (χ0v) is 18.7. The minimum Gasteiger partial charge on any atom is -0.507 e. The third-order valence-corrected chi connectivity index (χ3v) is 5.81. The summed E-state index contributed by atoms with van der Waals surface area (Å²) in [6, 6.07) is 14.5. The standard InChI is InChI=1S/C25H21ClN2O5/c1-32-17-7-5-15(6-8-17)14-28-22(16-4-3-11-27-13-16)21(24(30)25(28)31)23(29)19-12-18(33-2)9-10-20(19)26/h3-13,22,29H,14H2,1-2H3/b23-21+. The van der Waals surface area contributed by atoms with Crippen molar-refractivity contribution in [1.29, 1.82) is 0 Å². The van der Waals surface area contributed by atoms with Gasteiger partial charge in [0.05, 0.1) is 30.9 Å². The molecule has 1 N–H and O–H groups in total. The molecule has 1 atom stereocenters. The number of hydrogen-bond acceptors (Lipinski definition) is 6. The van der Waals surface area contributed by atoms with Crippen LogP contribution in [0.1, 0.15) is 22.7 Å². The van der Waals surface area contributed by atoms with Crippen LogP contribution in [0.2, 0.25) is 5.02 Å². The second kappa shape index (κ2) is 9.34. The fraction of sp³-hybridized carbons (Fsp3) is 0.160. The lowest BCUT2D eigenvalue weighted by Crippen LogP contribution is -2.29. The van der Waals surface area contributed by atoms with Crippen LogP contribution in [-0.4, -0.2) is 40.9 Å². The van der Waals surface area contributed by atoms with Crippen molar-refractivity contribution in [3.63, 3.8) is 0 Å². The normalized spacial score (nSPS) is 17.3. The fourth-order valence-corrected chi connectivity index (χ4v) is 4.02. The summed E-state index contributed by atoms with van der Waals surface area (Å²) >= 11 is 6.32. The van der Waals surface area contributed by atoms with Crippen LogP contribution in [-0.2, 0) is 16.1 Å². The van der Waals surface area contributed by atoms with E-state index in [-0.39, 0.29) is 28.5 Å². The van der Waals surface area contributed by atoms with Gasteiger partial charge in [-0.25, -0.2) is 0 Å². The number of aromatic nitrogens is 1. The van der Waals surface area contributed by atoms with Gasteiger partial charge in [-0.05, 0) is 47.5 Å². The number of benzene rings is 2. The van der Waals surface area contributed by atoms with Crippen molar-refractivity contribution >= 4 is 29.1 Å². The summed E-state index contributed by atoms with van der Waals surface area (Å²) < 4.78 is 10.4. The number of likely N-dealkylation sites (tertiary alicyclic amines) is 1. The number of halogens is 1. The quantitative estimate of drug-likeness (QED) is 0.331. The molecule has 7 nitrogen and oxygen atoms in total. The van der Waals surface area contributed by atoms with E-state index in [1.54, 1.807) is 55.9 Å². The number of ketones is 1. The predicted molar refractivity (Wildman–Crippen MR) is 123 cm³/mol. The Kier molecular flexibility index (Phi) is 6.33. The van der Waals surface area contributed by atoms with Crippen molar-refractivity contribution in [3.05, 3.63) is 94.3 Å². The Balaban J connectivity index is 1.84. The van der Waals surface area contributed by atoms with E-state index in [0.717, 1.165) is 5.56 Å². The summed E-state index contributed by atoms with van der Waals surface area (Å²) in [6.07, 6.45) is 3.16. The zero-order valence-electron chi connectivity index (χ0n) is 18.0. The van der Waals surface area contributed by atoms with E-state index in [4.69, 9.17) is 21.1 Å². The fourth-order valence-electron chi connectivity index (χ4n) is 3.81. The highest BCUT2D eigenvalue weighted by molar-refractivity contribution is 6.47. The lowest BCUT2D eigenvalue weighted by Gasteiger charge is -2.25. The van der Waals surface area contributed by atoms with Gasteiger partial charge in [0.1, 0.15) is 17.3 Å². The highest BCUT2D eigenvalue weighted by Crippen LogP contribution is 2.41. The lowest BCUT2D eigenvalue weighted by molar-refractivity contribution is -0.140. The zero-order chi connectivity index (χ0) is 23.5. The summed E-state index contributed by atoms with van der Waals surface area (Å²) in [5.41, 5.74) is 1.53. The van der Waals surface area contributed by atoms with Crippen LogP contribution in [0.4, 0.5) is 0 Å². The molecule has 0 saturated carbocycles. The molecule has 0 spiro atoms. The van der Waals surface area contributed by atoms with Gasteiger partial charge in [0.25, 0.3) is 11.7 Å². The minimum absolute atomic E-state index is 0.0586. The molecule has 1 fully saturated rings. The molecule has 0 radical (unpaired) electrons. The van der Waals surface area contributed by atoms with Gasteiger partial charge in [0.2, 0.25) is 0 Å². The van der Waals surface area contributed by atoms with Crippen LogP contribution in [0, 0.1) is 0 Å². The van der Waals surface area contributed by atoms with Crippen LogP contribution in [0.15, 0.2) is 72.6 Å². The summed E-state index contributed by atoms with van der Waals surface area (Å²) in [6.45, 7) is 0.150. The average Bonchev–Trinajstić information content (AvgIpc) is 3.10. The van der Waals surface area contributed by atoms with Crippen LogP contribution in [0.3, 0.4) is 0 Å². The topological polar surface area (TPSA) is 89.0 Å². The minimum atomic E-state index is -0.844. The highest BCUT2D eigenvalue weighted by atomic mass is 35.5. The molecule has 2 heterocycles. The first-order valence-corrected chi connectivity index (χ1v) is 10.5. The maximum atomic E-state index is 13.1. The van der Waals surface area contributed by atoms with Crippen molar-refractivity contribution in [3.8, 4) is 11.5 Å². The first kappa shape index (κ1) is 22.4. The van der Waals surface area contributed by atoms with E-state index >= 15 is 0 Å². The van der Waals surface area contributed by atoms with Crippen molar-refractivity contribution in [2.24, 2.45) is 0 Å². The summed E-state index contributed by atoms with van der Waals surface area (Å²) in [7, 11) is 3.05. The Morgan fingerprint density at radius 1 is 1.06 bits per heavy atom. The van der Waals surface area contributed by atoms with Gasteiger partial charge in [-0.2, -0.15) is 0 Å². The van der Waals surface area contributed by atoms with Gasteiger partial charge in [-0.15, -0.1) is 0 Å². The van der Waals surface area contributed by atoms with Crippen molar-refractivity contribution < 1.29 is 24.2 Å². The maximum absolute atomic E-state index is 13.1. The number of ether oxygens (including phenoxy) is 2. The third kappa shape index (κ3) is 4.27. The number of carbonyl (C=O) groups is 2. The van der Waals surface area contributed by atoms with Gasteiger partial charge < -0.3 is 19.5 Å². The smallest absolute Gasteiger partial charge is 0.295 e. The van der Waals surface area contributed by atoms with Gasteiger partial charge in [0, 0.05) is 24.5 Å². The number of hydrogen-bond donors (Lipinski definition) is 1. The molecule has 4 rings (SSSR count). The van der Waals surface area contributed by atoms with Crippen LogP contribution < -0.4 is 9.47 Å². The van der Waals surface area contributed by atoms with Gasteiger partial charge in [0.15, 0.2) is 0 Å². The Hall–Kier alpha value is -3.84. The molecule has 1 saturated heterocycles. The van der Waals surface area contributed by atoms with Crippen LogP contribution in [0.25, 0.3) is 5.76 Å². The van der Waals surface area contributed by atoms with E-state index < -0.39 is 17.7 Å². The monoisotopic (exact) mass is 464 g/mol.